The van der Waals surface area contributed by atoms with Crippen LogP contribution in [0.4, 0.5) is 16.0 Å². The molecule has 2 unspecified atom stereocenters. The maximum atomic E-state index is 15.8. The molecule has 0 aliphatic carbocycles. The Bertz CT molecular complexity index is 1840. The number of aliphatic hydroxyl groups is 1. The molecule has 4 aromatic rings. The van der Waals surface area contributed by atoms with Crippen molar-refractivity contribution in [2.45, 2.75) is 49.1 Å². The minimum Gasteiger partial charge on any atom is -0.386 e. The Morgan fingerprint density at radius 1 is 0.773 bits per heavy atom. The van der Waals surface area contributed by atoms with Gasteiger partial charge < -0.3 is 44.9 Å². The first-order valence-electron chi connectivity index (χ1n) is 12.7. The molecular formula is C20H23FN10O9P2S2. The molecule has 0 amide bonds. The van der Waals surface area contributed by atoms with Crippen molar-refractivity contribution in [1.29, 1.82) is 0 Å². The molecule has 44 heavy (non-hydrogen) atoms. The SMILES string of the molecule is Nc1ncnc2c1ncn2[C@@H]1O[C@@H]2COP(O)(=S)O[C@@H]3[C@H](F)[C@@H](COP(O)(=S)O[C@H]2[C@H]1O)O[C@H]3n1cnc2c(N)ncnc21. The van der Waals surface area contributed by atoms with E-state index in [0.29, 0.717) is 0 Å². The van der Waals surface area contributed by atoms with E-state index in [4.69, 9.17) is 62.6 Å². The van der Waals surface area contributed by atoms with Crippen molar-refractivity contribution in [2.75, 3.05) is 24.7 Å². The maximum Gasteiger partial charge on any atom is 0.325 e. The molecule has 0 spiro atoms. The molecule has 3 aliphatic rings. The smallest absolute Gasteiger partial charge is 0.325 e. The summed E-state index contributed by atoms with van der Waals surface area (Å²) in [7, 11) is 0. The van der Waals surface area contributed by atoms with Crippen molar-refractivity contribution >= 4 is 71.0 Å². The second kappa shape index (κ2) is 11.1. The van der Waals surface area contributed by atoms with Crippen LogP contribution < -0.4 is 11.5 Å². The molecule has 19 nitrogen and oxygen atoms in total. The van der Waals surface area contributed by atoms with Gasteiger partial charge in [0.15, 0.2) is 41.6 Å². The van der Waals surface area contributed by atoms with Crippen molar-refractivity contribution in [3.05, 3.63) is 25.3 Å². The molecule has 0 radical (unpaired) electrons. The number of aromatic nitrogens is 8. The Labute approximate surface area is 255 Å². The predicted octanol–water partition coefficient (Wildman–Crippen LogP) is -0.425. The van der Waals surface area contributed by atoms with E-state index < -0.39 is 75.8 Å². The first-order valence-corrected chi connectivity index (χ1v) is 17.9. The Hall–Kier alpha value is -2.43. The molecule has 3 saturated heterocycles. The Kier molecular flexibility index (Phi) is 7.64. The van der Waals surface area contributed by atoms with E-state index >= 15 is 4.39 Å². The zero-order chi connectivity index (χ0) is 31.0. The van der Waals surface area contributed by atoms with Gasteiger partial charge in [-0.25, -0.2) is 34.3 Å². The maximum absolute atomic E-state index is 15.8. The summed E-state index contributed by atoms with van der Waals surface area (Å²) in [5.74, 6) is 0.171. The van der Waals surface area contributed by atoms with E-state index in [9.17, 15) is 14.9 Å². The molecule has 7 N–H and O–H groups in total. The average molecular weight is 693 g/mol. The van der Waals surface area contributed by atoms with Gasteiger partial charge in [-0.3, -0.25) is 18.2 Å². The molecule has 236 valence electrons. The van der Waals surface area contributed by atoms with Gasteiger partial charge in [0.25, 0.3) is 0 Å². The van der Waals surface area contributed by atoms with Crippen LogP contribution in [-0.2, 0) is 51.2 Å². The number of alkyl halides is 1. The average Bonchev–Trinajstić information content (AvgIpc) is 3.73. The number of nitrogens with zero attached hydrogens (tertiary/aromatic N) is 8. The molecule has 3 aliphatic heterocycles. The van der Waals surface area contributed by atoms with E-state index in [1.165, 1.54) is 34.4 Å². The Balaban J connectivity index is 1.20. The van der Waals surface area contributed by atoms with Gasteiger partial charge in [0, 0.05) is 0 Å². The summed E-state index contributed by atoms with van der Waals surface area (Å²) in [6.45, 7) is -9.58. The summed E-state index contributed by atoms with van der Waals surface area (Å²) in [5, 5.41) is 11.3. The second-order valence-corrected chi connectivity index (χ2v) is 15.5. The van der Waals surface area contributed by atoms with E-state index in [-0.39, 0.29) is 34.0 Å². The minimum atomic E-state index is -4.24. The topological polar surface area (TPSA) is 255 Å². The fraction of sp³-hybridized carbons (Fsp3) is 0.500. The summed E-state index contributed by atoms with van der Waals surface area (Å²) >= 11 is 10.4. The quantitative estimate of drug-likeness (QED) is 0.167. The number of hydrogen-bond donors (Lipinski definition) is 5. The number of halogens is 1. The summed E-state index contributed by atoms with van der Waals surface area (Å²) in [4.78, 5) is 46.4. The second-order valence-electron chi connectivity index (χ2n) is 9.90. The van der Waals surface area contributed by atoms with Crippen LogP contribution in [-0.4, -0.2) is 104 Å². The number of imidazole rings is 2. The zero-order valence-corrected chi connectivity index (χ0v) is 25.4. The van der Waals surface area contributed by atoms with Crippen molar-refractivity contribution in [2.24, 2.45) is 0 Å². The highest BCUT2D eigenvalue weighted by Crippen LogP contribution is 2.54. The van der Waals surface area contributed by atoms with E-state index in [1.54, 1.807) is 0 Å². The molecule has 7 rings (SSSR count). The van der Waals surface area contributed by atoms with Crippen LogP contribution in [0.5, 0.6) is 0 Å². The van der Waals surface area contributed by atoms with Gasteiger partial charge in [0.2, 0.25) is 0 Å². The lowest BCUT2D eigenvalue weighted by atomic mass is 10.1. The van der Waals surface area contributed by atoms with Crippen molar-refractivity contribution in [1.82, 2.24) is 39.0 Å². The highest BCUT2D eigenvalue weighted by atomic mass is 32.5. The largest absolute Gasteiger partial charge is 0.386 e. The third-order valence-electron chi connectivity index (χ3n) is 7.21. The van der Waals surface area contributed by atoms with Crippen LogP contribution >= 0.6 is 13.4 Å². The van der Waals surface area contributed by atoms with E-state index in [1.807, 2.05) is 0 Å². The molecule has 7 heterocycles. The van der Waals surface area contributed by atoms with Crippen molar-refractivity contribution < 1.29 is 46.9 Å². The fourth-order valence-corrected chi connectivity index (χ4v) is 8.05. The highest BCUT2D eigenvalue weighted by Gasteiger charge is 2.53. The lowest BCUT2D eigenvalue weighted by Gasteiger charge is -2.28. The molecule has 0 saturated carbocycles. The standard InChI is InChI=1S/C20H23FN10O9P2S2/c21-9-7-1-35-41(33,43)39-13-8(38-19(12(13)32)30-5-28-10-15(22)24-3-26-17(10)30)2-36-42(34,44)40-14(9)20(37-7)31-6-29-11-16(23)25-4-27-18(11)31/h3-9,12-14,19-20,32H,1-2H2,(H,33,43)(H,34,44)(H2,22,24,26)(H2,23,25,27)/t7-,8-,9-,12-,13-,14-,19-,20-,41?,42?/m1/s1. The van der Waals surface area contributed by atoms with E-state index in [2.05, 4.69) is 29.9 Å². The minimum absolute atomic E-state index is 0.0722. The van der Waals surface area contributed by atoms with Gasteiger partial charge in [0.1, 0.15) is 54.2 Å². The van der Waals surface area contributed by atoms with Gasteiger partial charge in [-0.15, -0.1) is 0 Å². The van der Waals surface area contributed by atoms with Crippen LogP contribution in [0.15, 0.2) is 25.3 Å². The number of aliphatic hydroxyl groups excluding tert-OH is 1. The molecule has 0 aromatic carbocycles. The van der Waals surface area contributed by atoms with Gasteiger partial charge in [-0.2, -0.15) is 0 Å². The normalized spacial score (nSPS) is 38.3. The number of anilines is 2. The predicted molar refractivity (Wildman–Crippen MR) is 153 cm³/mol. The number of nitrogens with two attached hydrogens (primary N) is 2. The Morgan fingerprint density at radius 3 is 1.86 bits per heavy atom. The van der Waals surface area contributed by atoms with Crippen LogP contribution in [0.2, 0.25) is 0 Å². The number of rotatable bonds is 2. The third kappa shape index (κ3) is 5.28. The first-order chi connectivity index (χ1) is 20.9. The van der Waals surface area contributed by atoms with Crippen LogP contribution in [0.3, 0.4) is 0 Å². The van der Waals surface area contributed by atoms with Gasteiger partial charge in [-0.1, -0.05) is 0 Å². The number of ether oxygens (including phenoxy) is 2. The summed E-state index contributed by atoms with van der Waals surface area (Å²) in [6, 6.07) is 0. The highest BCUT2D eigenvalue weighted by molar-refractivity contribution is 8.07. The Morgan fingerprint density at radius 2 is 1.27 bits per heavy atom. The summed E-state index contributed by atoms with van der Waals surface area (Å²) in [6.07, 6.45) is -6.50. The van der Waals surface area contributed by atoms with Gasteiger partial charge in [0.05, 0.1) is 25.9 Å². The molecule has 2 bridgehead atoms. The lowest BCUT2D eigenvalue weighted by molar-refractivity contribution is -0.0604. The van der Waals surface area contributed by atoms with Crippen LogP contribution in [0, 0.1) is 0 Å². The van der Waals surface area contributed by atoms with Crippen LogP contribution in [0.1, 0.15) is 12.5 Å². The molecule has 4 aromatic heterocycles. The van der Waals surface area contributed by atoms with Gasteiger partial charge >= 0.3 is 13.4 Å². The number of fused-ring (bicyclic) bond motifs is 5. The molecule has 10 atom stereocenters. The first kappa shape index (κ1) is 30.2. The summed E-state index contributed by atoms with van der Waals surface area (Å²) < 4.78 is 52.8. The van der Waals surface area contributed by atoms with E-state index in [0.717, 1.165) is 0 Å². The molecule has 3 fully saturated rings. The van der Waals surface area contributed by atoms with Crippen molar-refractivity contribution in [3.63, 3.8) is 0 Å². The van der Waals surface area contributed by atoms with Gasteiger partial charge in [-0.05, 0) is 23.6 Å². The molecular weight excluding hydrogens is 669 g/mol. The lowest BCUT2D eigenvalue weighted by Crippen LogP contribution is -2.36. The number of nitrogen functional groups attached to an aromatic ring is 2. The third-order valence-corrected chi connectivity index (χ3v) is 10.3. The van der Waals surface area contributed by atoms with Crippen LogP contribution in [0.25, 0.3) is 22.3 Å². The fourth-order valence-electron chi connectivity index (χ4n) is 5.20. The number of hydrogen-bond acceptors (Lipinski definition) is 17. The zero-order valence-electron chi connectivity index (χ0n) is 22.0. The summed E-state index contributed by atoms with van der Waals surface area (Å²) in [5.41, 5.74) is 12.7. The monoisotopic (exact) mass is 692 g/mol. The molecule has 24 heteroatoms. The van der Waals surface area contributed by atoms with Crippen molar-refractivity contribution in [3.8, 4) is 0 Å².